The molecule has 0 aliphatic carbocycles. The van der Waals surface area contributed by atoms with Gasteiger partial charge in [0, 0.05) is 17.9 Å². The van der Waals surface area contributed by atoms with Crippen LogP contribution in [0.2, 0.25) is 0 Å². The molecule has 0 saturated carbocycles. The number of carbonyl (C=O) groups is 1. The van der Waals surface area contributed by atoms with Crippen molar-refractivity contribution in [1.82, 2.24) is 0 Å². The van der Waals surface area contributed by atoms with Gasteiger partial charge in [0.1, 0.15) is 6.10 Å². The van der Waals surface area contributed by atoms with Crippen LogP contribution in [0.25, 0.3) is 0 Å². The zero-order chi connectivity index (χ0) is 10.6. The lowest BCUT2D eigenvalue weighted by Gasteiger charge is -2.21. The normalized spacial score (nSPS) is 23.5. The van der Waals surface area contributed by atoms with Crippen molar-refractivity contribution in [3.8, 4) is 0 Å². The van der Waals surface area contributed by atoms with E-state index < -0.39 is 30.9 Å². The summed E-state index contributed by atoms with van der Waals surface area (Å²) in [4.78, 5) is 11.2. The van der Waals surface area contributed by atoms with Gasteiger partial charge in [0.25, 0.3) is 0 Å². The van der Waals surface area contributed by atoms with Crippen LogP contribution in [-0.2, 0) is 9.53 Å². The van der Waals surface area contributed by atoms with Crippen molar-refractivity contribution in [2.75, 3.05) is 18.1 Å². The molecule has 14 heavy (non-hydrogen) atoms. The summed E-state index contributed by atoms with van der Waals surface area (Å²) in [5.74, 6) is 0.856. The lowest BCUT2D eigenvalue weighted by Crippen LogP contribution is -2.32. The Balaban J connectivity index is 2.27. The molecule has 6 heteroatoms. The van der Waals surface area contributed by atoms with Crippen LogP contribution in [0.1, 0.15) is 12.8 Å². The van der Waals surface area contributed by atoms with Gasteiger partial charge in [-0.05, 0) is 0 Å². The highest BCUT2D eigenvalue weighted by molar-refractivity contribution is 7.99. The van der Waals surface area contributed by atoms with Crippen LogP contribution in [0.5, 0.6) is 0 Å². The fourth-order valence-electron chi connectivity index (χ4n) is 1.10. The molecule has 1 heterocycles. The van der Waals surface area contributed by atoms with Crippen LogP contribution >= 0.6 is 11.8 Å². The molecule has 1 rings (SSSR count). The number of hydrogen-bond donors (Lipinski definition) is 0. The molecule has 1 saturated heterocycles. The van der Waals surface area contributed by atoms with Gasteiger partial charge in [-0.3, -0.25) is 4.79 Å². The van der Waals surface area contributed by atoms with Crippen molar-refractivity contribution in [3.63, 3.8) is 0 Å². The van der Waals surface area contributed by atoms with Crippen LogP contribution in [0.4, 0.5) is 13.2 Å². The summed E-state index contributed by atoms with van der Waals surface area (Å²) in [7, 11) is 0. The summed E-state index contributed by atoms with van der Waals surface area (Å²) in [6.45, 7) is 0.451. The number of alkyl halides is 3. The zero-order valence-corrected chi connectivity index (χ0v) is 8.29. The Morgan fingerprint density at radius 3 is 2.71 bits per heavy atom. The summed E-state index contributed by atoms with van der Waals surface area (Å²) in [6, 6.07) is 0. The van der Waals surface area contributed by atoms with Crippen molar-refractivity contribution in [1.29, 1.82) is 0 Å². The standard InChI is InChI=1S/C8H11F3O2S/c9-8(10,11)2-1-6(12)7-5-14-4-3-13-7/h7H,1-5H2. The number of halogens is 3. The molecule has 0 aromatic rings. The van der Waals surface area contributed by atoms with Gasteiger partial charge in [0.05, 0.1) is 13.0 Å². The summed E-state index contributed by atoms with van der Waals surface area (Å²) in [5.41, 5.74) is 0. The summed E-state index contributed by atoms with van der Waals surface area (Å²) in [5, 5.41) is 0. The number of carbonyl (C=O) groups excluding carboxylic acids is 1. The van der Waals surface area contributed by atoms with E-state index in [1.165, 1.54) is 11.8 Å². The number of ketones is 1. The summed E-state index contributed by atoms with van der Waals surface area (Å²) < 4.78 is 40.4. The summed E-state index contributed by atoms with van der Waals surface area (Å²) in [6.07, 6.45) is -6.39. The fourth-order valence-corrected chi connectivity index (χ4v) is 1.98. The quantitative estimate of drug-likeness (QED) is 0.739. The third-order valence-electron chi connectivity index (χ3n) is 1.83. The fraction of sp³-hybridized carbons (Fsp3) is 0.875. The number of Topliss-reactive ketones (excluding diaryl/α,β-unsaturated/α-hetero) is 1. The first-order valence-corrected chi connectivity index (χ1v) is 5.43. The average Bonchev–Trinajstić information content (AvgIpc) is 2.14. The van der Waals surface area contributed by atoms with Gasteiger partial charge < -0.3 is 4.74 Å². The number of rotatable bonds is 3. The lowest BCUT2D eigenvalue weighted by atomic mass is 10.1. The van der Waals surface area contributed by atoms with Crippen LogP contribution < -0.4 is 0 Å². The molecule has 1 atom stereocenters. The molecule has 1 aliphatic rings. The van der Waals surface area contributed by atoms with Crippen molar-refractivity contribution in [3.05, 3.63) is 0 Å². The Hall–Kier alpha value is -0.230. The number of thioether (sulfide) groups is 1. The highest BCUT2D eigenvalue weighted by atomic mass is 32.2. The highest BCUT2D eigenvalue weighted by Crippen LogP contribution is 2.23. The molecule has 0 spiro atoms. The molecule has 1 fully saturated rings. The smallest absolute Gasteiger partial charge is 0.369 e. The third kappa shape index (κ3) is 4.32. The first kappa shape index (κ1) is 11.8. The Morgan fingerprint density at radius 2 is 2.21 bits per heavy atom. The molecular weight excluding hydrogens is 217 g/mol. The number of ether oxygens (including phenoxy) is 1. The lowest BCUT2D eigenvalue weighted by molar-refractivity contribution is -0.147. The molecular formula is C8H11F3O2S. The van der Waals surface area contributed by atoms with E-state index in [0.717, 1.165) is 5.75 Å². The Kier molecular flexibility index (Phi) is 4.25. The van der Waals surface area contributed by atoms with Gasteiger partial charge in [-0.1, -0.05) is 0 Å². The summed E-state index contributed by atoms with van der Waals surface area (Å²) >= 11 is 1.54. The monoisotopic (exact) mass is 228 g/mol. The molecule has 0 aromatic carbocycles. The van der Waals surface area contributed by atoms with Crippen molar-refractivity contribution in [2.24, 2.45) is 0 Å². The molecule has 0 aromatic heterocycles. The minimum absolute atomic E-state index is 0.436. The second-order valence-electron chi connectivity index (χ2n) is 3.02. The molecule has 2 nitrogen and oxygen atoms in total. The maximum Gasteiger partial charge on any atom is 0.389 e. The van der Waals surface area contributed by atoms with Crippen LogP contribution in [0.3, 0.4) is 0 Å². The first-order chi connectivity index (χ1) is 6.49. The average molecular weight is 228 g/mol. The first-order valence-electron chi connectivity index (χ1n) is 4.28. The van der Waals surface area contributed by atoms with E-state index >= 15 is 0 Å². The van der Waals surface area contributed by atoms with Gasteiger partial charge in [-0.2, -0.15) is 24.9 Å². The predicted octanol–water partition coefficient (Wildman–Crippen LogP) is 2.03. The second-order valence-corrected chi connectivity index (χ2v) is 4.17. The molecule has 82 valence electrons. The largest absolute Gasteiger partial charge is 0.389 e. The minimum Gasteiger partial charge on any atom is -0.369 e. The van der Waals surface area contributed by atoms with Gasteiger partial charge in [-0.15, -0.1) is 0 Å². The Morgan fingerprint density at radius 1 is 1.50 bits per heavy atom. The molecule has 0 amide bonds. The second kappa shape index (κ2) is 5.02. The van der Waals surface area contributed by atoms with Gasteiger partial charge in [0.15, 0.2) is 5.78 Å². The van der Waals surface area contributed by atoms with E-state index in [1.54, 1.807) is 0 Å². The maximum absolute atomic E-state index is 11.8. The minimum atomic E-state index is -4.25. The van der Waals surface area contributed by atoms with E-state index in [0.29, 0.717) is 12.4 Å². The molecule has 0 radical (unpaired) electrons. The Labute approximate surface area is 84.2 Å². The van der Waals surface area contributed by atoms with E-state index in [1.807, 2.05) is 0 Å². The van der Waals surface area contributed by atoms with E-state index in [4.69, 9.17) is 4.74 Å². The maximum atomic E-state index is 11.8. The van der Waals surface area contributed by atoms with Crippen LogP contribution in [-0.4, -0.2) is 36.2 Å². The highest BCUT2D eigenvalue weighted by Gasteiger charge is 2.30. The predicted molar refractivity (Wildman–Crippen MR) is 47.4 cm³/mol. The van der Waals surface area contributed by atoms with Crippen molar-refractivity contribution in [2.45, 2.75) is 25.1 Å². The molecule has 1 aliphatic heterocycles. The van der Waals surface area contributed by atoms with Gasteiger partial charge >= 0.3 is 6.18 Å². The van der Waals surface area contributed by atoms with Gasteiger partial charge in [0.2, 0.25) is 0 Å². The molecule has 0 bridgehead atoms. The SMILES string of the molecule is O=C(CCC(F)(F)F)C1CSCCO1. The van der Waals surface area contributed by atoms with Crippen LogP contribution in [0.15, 0.2) is 0 Å². The third-order valence-corrected chi connectivity index (χ3v) is 2.82. The van der Waals surface area contributed by atoms with E-state index in [2.05, 4.69) is 0 Å². The molecule has 0 N–H and O–H groups in total. The van der Waals surface area contributed by atoms with Crippen molar-refractivity contribution >= 4 is 17.5 Å². The number of hydrogen-bond acceptors (Lipinski definition) is 3. The zero-order valence-electron chi connectivity index (χ0n) is 7.47. The van der Waals surface area contributed by atoms with Crippen molar-refractivity contribution < 1.29 is 22.7 Å². The topological polar surface area (TPSA) is 26.3 Å². The van der Waals surface area contributed by atoms with Gasteiger partial charge in [-0.25, -0.2) is 0 Å². The van der Waals surface area contributed by atoms with E-state index in [9.17, 15) is 18.0 Å². The van der Waals surface area contributed by atoms with E-state index in [-0.39, 0.29) is 0 Å². The Bertz CT molecular complexity index is 199. The van der Waals surface area contributed by atoms with Crippen LogP contribution in [0, 0.1) is 0 Å². The molecule has 1 unspecified atom stereocenters.